The Morgan fingerprint density at radius 1 is 1.27 bits per heavy atom. The quantitative estimate of drug-likeness (QED) is 0.691. The zero-order valence-electron chi connectivity index (χ0n) is 7.92. The summed E-state index contributed by atoms with van der Waals surface area (Å²) in [6.07, 6.45) is 4.24. The summed E-state index contributed by atoms with van der Waals surface area (Å²) in [4.78, 5) is 10.5. The maximum Gasteiger partial charge on any atom is 0.151 e. The van der Waals surface area contributed by atoms with Gasteiger partial charge in [-0.25, -0.2) is 0 Å². The Hall–Kier alpha value is -2.34. The van der Waals surface area contributed by atoms with Gasteiger partial charge in [0.1, 0.15) is 6.07 Å². The molecule has 1 aromatic heterocycles. The largest absolute Gasteiger partial charge is 0.322 e. The maximum atomic E-state index is 10.5. The number of rotatable bonds is 2. The molecule has 0 saturated heterocycles. The van der Waals surface area contributed by atoms with Crippen molar-refractivity contribution in [3.05, 3.63) is 53.9 Å². The van der Waals surface area contributed by atoms with Crippen LogP contribution in [0.4, 0.5) is 0 Å². The smallest absolute Gasteiger partial charge is 0.151 e. The number of aldehydes is 1. The first-order valence-electron chi connectivity index (χ1n) is 4.48. The average Bonchev–Trinajstić information content (AvgIpc) is 2.77. The molecule has 1 aromatic carbocycles. The highest BCUT2D eigenvalue weighted by Crippen LogP contribution is 2.14. The maximum absolute atomic E-state index is 10.5. The van der Waals surface area contributed by atoms with E-state index in [9.17, 15) is 4.79 Å². The van der Waals surface area contributed by atoms with Crippen LogP contribution in [0.25, 0.3) is 5.69 Å². The average molecular weight is 196 g/mol. The second kappa shape index (κ2) is 3.81. The molecule has 0 aliphatic rings. The topological polar surface area (TPSA) is 45.8 Å². The molecule has 2 rings (SSSR count). The molecule has 0 spiro atoms. The number of hydrogen-bond acceptors (Lipinski definition) is 2. The number of nitrogens with zero attached hydrogens (tertiary/aromatic N) is 2. The van der Waals surface area contributed by atoms with Crippen molar-refractivity contribution < 1.29 is 4.79 Å². The van der Waals surface area contributed by atoms with Gasteiger partial charge >= 0.3 is 0 Å². The molecule has 72 valence electrons. The van der Waals surface area contributed by atoms with E-state index >= 15 is 0 Å². The van der Waals surface area contributed by atoms with Crippen LogP contribution in [0.1, 0.15) is 15.9 Å². The first-order chi connectivity index (χ1) is 7.35. The molecule has 0 bridgehead atoms. The van der Waals surface area contributed by atoms with Gasteiger partial charge in [0.05, 0.1) is 11.3 Å². The van der Waals surface area contributed by atoms with Crippen LogP contribution in [0.5, 0.6) is 0 Å². The van der Waals surface area contributed by atoms with Crippen molar-refractivity contribution >= 4 is 6.29 Å². The number of nitriles is 1. The van der Waals surface area contributed by atoms with Gasteiger partial charge in [-0.2, -0.15) is 5.26 Å². The van der Waals surface area contributed by atoms with Gasteiger partial charge in [0.25, 0.3) is 0 Å². The molecular weight excluding hydrogens is 188 g/mol. The van der Waals surface area contributed by atoms with Gasteiger partial charge in [-0.05, 0) is 18.2 Å². The van der Waals surface area contributed by atoms with Crippen LogP contribution in [0.2, 0.25) is 0 Å². The Bertz CT molecular complexity index is 535. The molecule has 1 heterocycles. The van der Waals surface area contributed by atoms with Crippen molar-refractivity contribution in [1.82, 2.24) is 4.57 Å². The molecule has 0 radical (unpaired) electrons. The summed E-state index contributed by atoms with van der Waals surface area (Å²) in [7, 11) is 0. The van der Waals surface area contributed by atoms with Gasteiger partial charge in [0.2, 0.25) is 0 Å². The van der Waals surface area contributed by atoms with E-state index in [1.807, 2.05) is 18.2 Å². The summed E-state index contributed by atoms with van der Waals surface area (Å²) in [5, 5.41) is 8.91. The van der Waals surface area contributed by atoms with E-state index in [0.29, 0.717) is 11.1 Å². The molecule has 0 unspecified atom stereocenters. The predicted molar refractivity (Wildman–Crippen MR) is 55.9 cm³/mol. The van der Waals surface area contributed by atoms with Crippen LogP contribution in [0, 0.1) is 11.3 Å². The number of carbonyl (C=O) groups is 1. The minimum atomic E-state index is 0.588. The molecule has 0 amide bonds. The summed E-state index contributed by atoms with van der Waals surface area (Å²) >= 11 is 0. The van der Waals surface area contributed by atoms with Crippen molar-refractivity contribution in [2.24, 2.45) is 0 Å². The van der Waals surface area contributed by atoms with E-state index in [-0.39, 0.29) is 0 Å². The van der Waals surface area contributed by atoms with E-state index in [1.165, 1.54) is 0 Å². The molecular formula is C12H8N2O. The number of para-hydroxylation sites is 1. The standard InChI is InChI=1S/C12H8N2O/c13-7-11-3-1-2-4-12(11)14-6-5-10(8-14)9-15/h1-6,8-9H. The SMILES string of the molecule is N#Cc1ccccc1-n1ccc(C=O)c1. The highest BCUT2D eigenvalue weighted by molar-refractivity contribution is 5.74. The first kappa shape index (κ1) is 9.22. The lowest BCUT2D eigenvalue weighted by Gasteiger charge is -2.03. The van der Waals surface area contributed by atoms with Gasteiger partial charge in [0.15, 0.2) is 6.29 Å². The lowest BCUT2D eigenvalue weighted by atomic mass is 10.2. The molecule has 0 N–H and O–H groups in total. The van der Waals surface area contributed by atoms with Gasteiger partial charge in [-0.1, -0.05) is 12.1 Å². The molecule has 0 aliphatic heterocycles. The third kappa shape index (κ3) is 1.65. The van der Waals surface area contributed by atoms with Crippen molar-refractivity contribution in [2.45, 2.75) is 0 Å². The fourth-order valence-corrected chi connectivity index (χ4v) is 1.43. The lowest BCUT2D eigenvalue weighted by molar-refractivity contribution is 0.112. The second-order valence-electron chi connectivity index (χ2n) is 3.10. The van der Waals surface area contributed by atoms with Crippen LogP contribution >= 0.6 is 0 Å². The van der Waals surface area contributed by atoms with Crippen molar-refractivity contribution in [3.8, 4) is 11.8 Å². The zero-order valence-corrected chi connectivity index (χ0v) is 7.92. The van der Waals surface area contributed by atoms with E-state index in [2.05, 4.69) is 6.07 Å². The first-order valence-corrected chi connectivity index (χ1v) is 4.48. The van der Waals surface area contributed by atoms with Crippen molar-refractivity contribution in [1.29, 1.82) is 5.26 Å². The van der Waals surface area contributed by atoms with E-state index in [0.717, 1.165) is 12.0 Å². The fourth-order valence-electron chi connectivity index (χ4n) is 1.43. The molecule has 0 aliphatic carbocycles. The van der Waals surface area contributed by atoms with Crippen LogP contribution in [-0.4, -0.2) is 10.9 Å². The summed E-state index contributed by atoms with van der Waals surface area (Å²) in [5.41, 5.74) is 1.97. The molecule has 2 aromatic rings. The summed E-state index contributed by atoms with van der Waals surface area (Å²) in [5.74, 6) is 0. The Labute approximate surface area is 87.2 Å². The molecule has 3 nitrogen and oxygen atoms in total. The number of hydrogen-bond donors (Lipinski definition) is 0. The minimum absolute atomic E-state index is 0.588. The van der Waals surface area contributed by atoms with Crippen molar-refractivity contribution in [2.75, 3.05) is 0 Å². The fraction of sp³-hybridized carbons (Fsp3) is 0. The summed E-state index contributed by atoms with van der Waals surface area (Å²) < 4.78 is 1.77. The third-order valence-corrected chi connectivity index (χ3v) is 2.15. The molecule has 15 heavy (non-hydrogen) atoms. The highest BCUT2D eigenvalue weighted by Gasteiger charge is 2.03. The molecule has 0 saturated carbocycles. The minimum Gasteiger partial charge on any atom is -0.322 e. The molecule has 0 fully saturated rings. The zero-order chi connectivity index (χ0) is 10.7. The molecule has 0 atom stereocenters. The van der Waals surface area contributed by atoms with Crippen LogP contribution in [-0.2, 0) is 0 Å². The third-order valence-electron chi connectivity index (χ3n) is 2.15. The van der Waals surface area contributed by atoms with Crippen LogP contribution < -0.4 is 0 Å². The number of aromatic nitrogens is 1. The Balaban J connectivity index is 2.54. The monoisotopic (exact) mass is 196 g/mol. The summed E-state index contributed by atoms with van der Waals surface area (Å²) in [6.45, 7) is 0. The Kier molecular flexibility index (Phi) is 2.34. The Morgan fingerprint density at radius 3 is 2.73 bits per heavy atom. The van der Waals surface area contributed by atoms with Gasteiger partial charge in [0, 0.05) is 18.0 Å². The summed E-state index contributed by atoms with van der Waals surface area (Å²) in [6, 6.07) is 11.1. The van der Waals surface area contributed by atoms with E-state index in [1.54, 1.807) is 29.1 Å². The van der Waals surface area contributed by atoms with Gasteiger partial charge < -0.3 is 4.57 Å². The van der Waals surface area contributed by atoms with Gasteiger partial charge in [-0.15, -0.1) is 0 Å². The lowest BCUT2D eigenvalue weighted by Crippen LogP contribution is -1.93. The number of benzene rings is 1. The number of carbonyl (C=O) groups excluding carboxylic acids is 1. The Morgan fingerprint density at radius 2 is 2.07 bits per heavy atom. The predicted octanol–water partition coefficient (Wildman–Crippen LogP) is 2.16. The van der Waals surface area contributed by atoms with E-state index < -0.39 is 0 Å². The van der Waals surface area contributed by atoms with Crippen molar-refractivity contribution in [3.63, 3.8) is 0 Å². The second-order valence-corrected chi connectivity index (χ2v) is 3.10. The van der Waals surface area contributed by atoms with Crippen LogP contribution in [0.15, 0.2) is 42.7 Å². The van der Waals surface area contributed by atoms with E-state index in [4.69, 9.17) is 5.26 Å². The molecule has 3 heteroatoms. The normalized spacial score (nSPS) is 9.53. The van der Waals surface area contributed by atoms with Gasteiger partial charge in [-0.3, -0.25) is 4.79 Å². The highest BCUT2D eigenvalue weighted by atomic mass is 16.1. The van der Waals surface area contributed by atoms with Crippen LogP contribution in [0.3, 0.4) is 0 Å².